The minimum Gasteiger partial charge on any atom is -0.399 e. The van der Waals surface area contributed by atoms with E-state index in [0.29, 0.717) is 11.3 Å². The van der Waals surface area contributed by atoms with E-state index in [-0.39, 0.29) is 18.5 Å². The number of nitrogen functional groups attached to an aromatic ring is 1. The Morgan fingerprint density at radius 3 is 2.21 bits per heavy atom. The van der Waals surface area contributed by atoms with Gasteiger partial charge in [-0.3, -0.25) is 9.59 Å². The van der Waals surface area contributed by atoms with Gasteiger partial charge in [0, 0.05) is 18.5 Å². The van der Waals surface area contributed by atoms with E-state index in [1.807, 2.05) is 0 Å². The van der Waals surface area contributed by atoms with E-state index in [4.69, 9.17) is 5.73 Å². The number of carbonyl (C=O) groups excluding carboxylic acids is 2. The molecule has 0 atom stereocenters. The SMILES string of the molecule is Nc1ccc(N2C(=O)CCCC2=O)c(C(F)(F)F)c1. The van der Waals surface area contributed by atoms with Gasteiger partial charge in [0.15, 0.2) is 0 Å². The Hall–Kier alpha value is -2.05. The number of anilines is 2. The van der Waals surface area contributed by atoms with Gasteiger partial charge in [-0.2, -0.15) is 13.2 Å². The Morgan fingerprint density at radius 1 is 1.11 bits per heavy atom. The minimum atomic E-state index is -4.68. The maximum atomic E-state index is 12.9. The normalized spacial score (nSPS) is 16.9. The van der Waals surface area contributed by atoms with E-state index in [2.05, 4.69) is 0 Å². The van der Waals surface area contributed by atoms with Gasteiger partial charge in [0.1, 0.15) is 0 Å². The van der Waals surface area contributed by atoms with Gasteiger partial charge in [0.05, 0.1) is 11.3 Å². The molecular formula is C12H11F3N2O2. The fourth-order valence-electron chi connectivity index (χ4n) is 2.00. The van der Waals surface area contributed by atoms with Crippen molar-refractivity contribution in [2.45, 2.75) is 25.4 Å². The summed E-state index contributed by atoms with van der Waals surface area (Å²) in [5.41, 5.74) is 3.74. The summed E-state index contributed by atoms with van der Waals surface area (Å²) in [5.74, 6) is -1.24. The van der Waals surface area contributed by atoms with Crippen molar-refractivity contribution in [3.8, 4) is 0 Å². The van der Waals surface area contributed by atoms with Crippen LogP contribution < -0.4 is 10.6 Å². The van der Waals surface area contributed by atoms with Crippen LogP contribution in [0.25, 0.3) is 0 Å². The lowest BCUT2D eigenvalue weighted by Crippen LogP contribution is -2.41. The maximum absolute atomic E-state index is 12.9. The molecule has 2 amide bonds. The highest BCUT2D eigenvalue weighted by molar-refractivity contribution is 6.16. The molecule has 0 aliphatic carbocycles. The number of nitrogens with zero attached hydrogens (tertiary/aromatic N) is 1. The molecule has 19 heavy (non-hydrogen) atoms. The number of hydrogen-bond acceptors (Lipinski definition) is 3. The molecule has 1 heterocycles. The standard InChI is InChI=1S/C12H11F3N2O2/c13-12(14,15)8-6-7(16)4-5-9(8)17-10(18)2-1-3-11(17)19/h4-6H,1-3,16H2. The highest BCUT2D eigenvalue weighted by Crippen LogP contribution is 2.39. The summed E-state index contributed by atoms with van der Waals surface area (Å²) < 4.78 is 38.8. The second-order valence-corrected chi connectivity index (χ2v) is 4.25. The van der Waals surface area contributed by atoms with Gasteiger partial charge >= 0.3 is 6.18 Å². The Morgan fingerprint density at radius 2 is 1.68 bits per heavy atom. The molecule has 0 bridgehead atoms. The van der Waals surface area contributed by atoms with Crippen molar-refractivity contribution in [2.75, 3.05) is 10.6 Å². The van der Waals surface area contributed by atoms with E-state index in [1.54, 1.807) is 0 Å². The second kappa shape index (κ2) is 4.56. The average Bonchev–Trinajstić information content (AvgIpc) is 2.29. The first-order chi connectivity index (χ1) is 8.80. The third kappa shape index (κ3) is 2.54. The van der Waals surface area contributed by atoms with Crippen molar-refractivity contribution in [3.63, 3.8) is 0 Å². The summed E-state index contributed by atoms with van der Waals surface area (Å²) in [5, 5.41) is 0. The van der Waals surface area contributed by atoms with Crippen LogP contribution in [-0.2, 0) is 15.8 Å². The van der Waals surface area contributed by atoms with Crippen molar-refractivity contribution >= 4 is 23.2 Å². The number of benzene rings is 1. The zero-order valence-electron chi connectivity index (χ0n) is 9.83. The van der Waals surface area contributed by atoms with E-state index in [1.165, 1.54) is 6.07 Å². The third-order valence-corrected chi connectivity index (χ3v) is 2.85. The van der Waals surface area contributed by atoms with E-state index < -0.39 is 29.2 Å². The van der Waals surface area contributed by atoms with E-state index in [0.717, 1.165) is 12.1 Å². The Bertz CT molecular complexity index is 524. The number of nitrogens with two attached hydrogens (primary N) is 1. The first-order valence-corrected chi connectivity index (χ1v) is 5.63. The fourth-order valence-corrected chi connectivity index (χ4v) is 2.00. The topological polar surface area (TPSA) is 63.4 Å². The third-order valence-electron chi connectivity index (χ3n) is 2.85. The van der Waals surface area contributed by atoms with E-state index >= 15 is 0 Å². The lowest BCUT2D eigenvalue weighted by atomic mass is 10.0. The average molecular weight is 272 g/mol. The Labute approximate surface area is 107 Å². The molecule has 7 heteroatoms. The zero-order valence-corrected chi connectivity index (χ0v) is 9.83. The lowest BCUT2D eigenvalue weighted by molar-refractivity contribution is -0.137. The predicted molar refractivity (Wildman–Crippen MR) is 62.2 cm³/mol. The number of amides is 2. The van der Waals surface area contributed by atoms with Crippen LogP contribution in [0.3, 0.4) is 0 Å². The van der Waals surface area contributed by atoms with Crippen molar-refractivity contribution in [3.05, 3.63) is 23.8 Å². The molecule has 0 saturated carbocycles. The quantitative estimate of drug-likeness (QED) is 0.630. The molecule has 0 unspecified atom stereocenters. The van der Waals surface area contributed by atoms with Crippen LogP contribution in [-0.4, -0.2) is 11.8 Å². The molecule has 0 radical (unpaired) electrons. The van der Waals surface area contributed by atoms with Gasteiger partial charge in [-0.25, -0.2) is 4.90 Å². The van der Waals surface area contributed by atoms with Crippen LogP contribution in [0.1, 0.15) is 24.8 Å². The Kier molecular flexibility index (Phi) is 3.21. The number of piperidine rings is 1. The molecule has 1 aliphatic heterocycles. The summed E-state index contributed by atoms with van der Waals surface area (Å²) >= 11 is 0. The molecule has 2 rings (SSSR count). The largest absolute Gasteiger partial charge is 0.418 e. The predicted octanol–water partition coefficient (Wildman–Crippen LogP) is 2.33. The molecule has 4 nitrogen and oxygen atoms in total. The summed E-state index contributed by atoms with van der Waals surface area (Å²) in [7, 11) is 0. The number of imide groups is 1. The molecule has 1 aromatic carbocycles. The van der Waals surface area contributed by atoms with Crippen molar-refractivity contribution in [2.24, 2.45) is 0 Å². The Balaban J connectivity index is 2.55. The van der Waals surface area contributed by atoms with Crippen molar-refractivity contribution in [1.29, 1.82) is 0 Å². The number of carbonyl (C=O) groups is 2. The molecule has 102 valence electrons. The van der Waals surface area contributed by atoms with Crippen LogP contribution in [0.15, 0.2) is 18.2 Å². The first kappa shape index (κ1) is 13.4. The van der Waals surface area contributed by atoms with Gasteiger partial charge in [0.25, 0.3) is 0 Å². The summed E-state index contributed by atoms with van der Waals surface area (Å²) in [6.07, 6.45) is -4.19. The van der Waals surface area contributed by atoms with Gasteiger partial charge in [-0.1, -0.05) is 0 Å². The molecule has 1 aliphatic rings. The van der Waals surface area contributed by atoms with Gasteiger partial charge < -0.3 is 5.73 Å². The van der Waals surface area contributed by atoms with Crippen molar-refractivity contribution < 1.29 is 22.8 Å². The monoisotopic (exact) mass is 272 g/mol. The fraction of sp³-hybridized carbons (Fsp3) is 0.333. The number of alkyl halides is 3. The van der Waals surface area contributed by atoms with Gasteiger partial charge in [0.2, 0.25) is 11.8 Å². The van der Waals surface area contributed by atoms with Gasteiger partial charge in [-0.15, -0.1) is 0 Å². The molecule has 1 aromatic rings. The van der Waals surface area contributed by atoms with E-state index in [9.17, 15) is 22.8 Å². The highest BCUT2D eigenvalue weighted by atomic mass is 19.4. The van der Waals surface area contributed by atoms with Crippen LogP contribution in [0.5, 0.6) is 0 Å². The zero-order chi connectivity index (χ0) is 14.2. The smallest absolute Gasteiger partial charge is 0.399 e. The van der Waals surface area contributed by atoms with Crippen LogP contribution in [0.2, 0.25) is 0 Å². The highest BCUT2D eigenvalue weighted by Gasteiger charge is 2.38. The molecule has 1 fully saturated rings. The molecule has 1 saturated heterocycles. The van der Waals surface area contributed by atoms with Crippen LogP contribution in [0.4, 0.5) is 24.5 Å². The molecular weight excluding hydrogens is 261 g/mol. The maximum Gasteiger partial charge on any atom is 0.418 e. The van der Waals surface area contributed by atoms with Crippen LogP contribution in [0, 0.1) is 0 Å². The lowest BCUT2D eigenvalue weighted by Gasteiger charge is -2.27. The van der Waals surface area contributed by atoms with Crippen molar-refractivity contribution in [1.82, 2.24) is 0 Å². The summed E-state index contributed by atoms with van der Waals surface area (Å²) in [4.78, 5) is 24.0. The number of halogens is 3. The van der Waals surface area contributed by atoms with Crippen LogP contribution >= 0.6 is 0 Å². The van der Waals surface area contributed by atoms with Gasteiger partial charge in [-0.05, 0) is 24.6 Å². The summed E-state index contributed by atoms with van der Waals surface area (Å²) in [6.45, 7) is 0. The molecule has 2 N–H and O–H groups in total. The minimum absolute atomic E-state index is 0.0629. The number of hydrogen-bond donors (Lipinski definition) is 1. The molecule has 0 aromatic heterocycles. The second-order valence-electron chi connectivity index (χ2n) is 4.25. The first-order valence-electron chi connectivity index (χ1n) is 5.63. The summed E-state index contributed by atoms with van der Waals surface area (Å²) in [6, 6.07) is 3.02. The number of rotatable bonds is 1. The molecule has 0 spiro atoms.